The summed E-state index contributed by atoms with van der Waals surface area (Å²) in [5, 5.41) is 2.94. The highest BCUT2D eigenvalue weighted by Gasteiger charge is 2.39. The molecule has 1 heterocycles. The van der Waals surface area contributed by atoms with Crippen LogP contribution in [-0.4, -0.2) is 24.8 Å². The van der Waals surface area contributed by atoms with Crippen LogP contribution < -0.4 is 14.8 Å². The molecule has 0 radical (unpaired) electrons. The molecule has 1 amide bonds. The summed E-state index contributed by atoms with van der Waals surface area (Å²) in [5.74, 6) is 1.19. The van der Waals surface area contributed by atoms with Gasteiger partial charge in [0.2, 0.25) is 18.5 Å². The van der Waals surface area contributed by atoms with Gasteiger partial charge in [-0.25, -0.2) is 0 Å². The van der Waals surface area contributed by atoms with Crippen LogP contribution >= 0.6 is 0 Å². The Morgan fingerprint density at radius 2 is 1.05 bits per heavy atom. The second kappa shape index (κ2) is 19.2. The lowest BCUT2D eigenvalue weighted by Gasteiger charge is -2.24. The van der Waals surface area contributed by atoms with Gasteiger partial charge in [0.25, 0.3) is 0 Å². The Morgan fingerprint density at radius 3 is 1.54 bits per heavy atom. The van der Waals surface area contributed by atoms with E-state index in [0.717, 1.165) is 44.5 Å². The van der Waals surface area contributed by atoms with Gasteiger partial charge >= 0.3 is 0 Å². The summed E-state index contributed by atoms with van der Waals surface area (Å²) < 4.78 is 39.2. The summed E-state index contributed by atoms with van der Waals surface area (Å²) >= 11 is 0. The first kappa shape index (κ1) is 38.5. The largest absolute Gasteiger partial charge is 0.488 e. The van der Waals surface area contributed by atoms with Crippen molar-refractivity contribution in [3.8, 4) is 22.6 Å². The molecule has 0 bridgehead atoms. The molecule has 7 rings (SSSR count). The van der Waals surface area contributed by atoms with Gasteiger partial charge in [-0.15, -0.1) is 0 Å². The van der Waals surface area contributed by atoms with Crippen LogP contribution in [0.3, 0.4) is 0 Å². The Bertz CT molecular complexity index is 2090. The van der Waals surface area contributed by atoms with Crippen LogP contribution in [0.5, 0.6) is 11.5 Å². The summed E-state index contributed by atoms with van der Waals surface area (Å²) in [4.78, 5) is 12.2. The summed E-state index contributed by atoms with van der Waals surface area (Å²) in [5.41, 5.74) is 8.44. The molecule has 6 aromatic carbocycles. The topological polar surface area (TPSA) is 84.5 Å². The molecule has 1 aliphatic heterocycles. The third-order valence-corrected chi connectivity index (χ3v) is 9.45. The fourth-order valence-electron chi connectivity index (χ4n) is 6.79. The summed E-state index contributed by atoms with van der Waals surface area (Å²) in [6.45, 7) is 4.99. The van der Waals surface area contributed by atoms with Crippen LogP contribution in [0.2, 0.25) is 0 Å². The number of anilines is 1. The number of hydrogen-bond acceptors (Lipinski definition) is 7. The van der Waals surface area contributed by atoms with E-state index in [1.807, 2.05) is 152 Å². The van der Waals surface area contributed by atoms with E-state index in [-0.39, 0.29) is 5.91 Å². The van der Waals surface area contributed by atoms with Crippen molar-refractivity contribution < 1.29 is 33.2 Å². The van der Waals surface area contributed by atoms with E-state index in [0.29, 0.717) is 56.5 Å². The van der Waals surface area contributed by atoms with Crippen molar-refractivity contribution in [1.29, 1.82) is 0 Å². The van der Waals surface area contributed by atoms with E-state index in [1.165, 1.54) is 6.92 Å². The second-order valence-electron chi connectivity index (χ2n) is 13.6. The molecule has 2 atom stereocenters. The first-order chi connectivity index (χ1) is 27.5. The zero-order valence-corrected chi connectivity index (χ0v) is 31.8. The van der Waals surface area contributed by atoms with Gasteiger partial charge in [-0.05, 0) is 57.5 Å². The first-order valence-corrected chi connectivity index (χ1v) is 19.0. The van der Waals surface area contributed by atoms with Crippen LogP contribution in [0.15, 0.2) is 152 Å². The Kier molecular flexibility index (Phi) is 13.2. The molecule has 0 spiro atoms. The molecule has 8 heteroatoms. The molecular weight excluding hydrogens is 703 g/mol. The summed E-state index contributed by atoms with van der Waals surface area (Å²) in [7, 11) is 0. The molecule has 1 N–H and O–H groups in total. The lowest BCUT2D eigenvalue weighted by atomic mass is 9.90. The molecular formula is C48H47NO7. The third-order valence-electron chi connectivity index (χ3n) is 9.45. The maximum atomic E-state index is 12.2. The fraction of sp³-hybridized carbons (Fsp3) is 0.229. The van der Waals surface area contributed by atoms with Crippen LogP contribution in [0.4, 0.5) is 5.69 Å². The SMILES string of the molecule is CCc1c(OCc2ccccc2)cc(OCc2ccccc2)c(-c2cccc(NC(C)=O)c2)c1CC1O[C@H](OCc2ccccc2)[C@@H](OCc2ccccc2)O1. The zero-order valence-electron chi connectivity index (χ0n) is 31.8. The van der Waals surface area contributed by atoms with Crippen molar-refractivity contribution in [3.63, 3.8) is 0 Å². The minimum absolute atomic E-state index is 0.155. The maximum Gasteiger partial charge on any atom is 0.221 e. The molecule has 0 aliphatic carbocycles. The van der Waals surface area contributed by atoms with Gasteiger partial charge in [0.05, 0.1) is 13.2 Å². The number of amides is 1. The number of nitrogens with one attached hydrogen (secondary N) is 1. The Morgan fingerprint density at radius 1 is 0.571 bits per heavy atom. The second-order valence-corrected chi connectivity index (χ2v) is 13.6. The Hall–Kier alpha value is -5.77. The van der Waals surface area contributed by atoms with Crippen molar-refractivity contribution >= 4 is 11.6 Å². The minimum atomic E-state index is -0.785. The van der Waals surface area contributed by atoms with Crippen LogP contribution in [0.25, 0.3) is 11.1 Å². The van der Waals surface area contributed by atoms with E-state index in [9.17, 15) is 4.79 Å². The molecule has 1 saturated heterocycles. The van der Waals surface area contributed by atoms with Gasteiger partial charge in [0.1, 0.15) is 24.7 Å². The quantitative estimate of drug-likeness (QED) is 0.0994. The average molecular weight is 750 g/mol. The Balaban J connectivity index is 1.27. The predicted molar refractivity (Wildman–Crippen MR) is 217 cm³/mol. The van der Waals surface area contributed by atoms with Gasteiger partial charge in [0, 0.05) is 30.7 Å². The lowest BCUT2D eigenvalue weighted by Crippen LogP contribution is -2.28. The van der Waals surface area contributed by atoms with Gasteiger partial charge in [-0.1, -0.05) is 140 Å². The normalized spacial score (nSPS) is 15.4. The van der Waals surface area contributed by atoms with E-state index in [4.69, 9.17) is 28.4 Å². The zero-order chi connectivity index (χ0) is 38.5. The van der Waals surface area contributed by atoms with E-state index in [2.05, 4.69) is 12.2 Å². The summed E-state index contributed by atoms with van der Waals surface area (Å²) in [6.07, 6.45) is -1.31. The number of ether oxygens (including phenoxy) is 6. The lowest BCUT2D eigenvalue weighted by molar-refractivity contribution is -0.200. The Labute approximate surface area is 328 Å². The highest BCUT2D eigenvalue weighted by Crippen LogP contribution is 2.44. The maximum absolute atomic E-state index is 12.2. The van der Waals surface area contributed by atoms with E-state index in [1.54, 1.807) is 0 Å². The van der Waals surface area contributed by atoms with E-state index < -0.39 is 18.9 Å². The van der Waals surface area contributed by atoms with Gasteiger partial charge in [0.15, 0.2) is 6.29 Å². The molecule has 0 aromatic heterocycles. The average Bonchev–Trinajstić information content (AvgIpc) is 3.62. The first-order valence-electron chi connectivity index (χ1n) is 19.0. The van der Waals surface area contributed by atoms with Gasteiger partial charge in [-0.2, -0.15) is 0 Å². The molecule has 0 saturated carbocycles. The monoisotopic (exact) mass is 749 g/mol. The highest BCUT2D eigenvalue weighted by atomic mass is 16.9. The molecule has 1 aliphatic rings. The number of hydrogen-bond donors (Lipinski definition) is 1. The van der Waals surface area contributed by atoms with Crippen LogP contribution in [0.1, 0.15) is 47.2 Å². The predicted octanol–water partition coefficient (Wildman–Crippen LogP) is 10.0. The molecule has 1 fully saturated rings. The van der Waals surface area contributed by atoms with Crippen molar-refractivity contribution in [3.05, 3.63) is 185 Å². The number of carbonyl (C=O) groups is 1. The number of carbonyl (C=O) groups excluding carboxylic acids is 1. The molecule has 56 heavy (non-hydrogen) atoms. The number of benzene rings is 6. The van der Waals surface area contributed by atoms with Crippen molar-refractivity contribution in [2.75, 3.05) is 5.32 Å². The van der Waals surface area contributed by atoms with Crippen molar-refractivity contribution in [2.45, 2.75) is 72.0 Å². The summed E-state index contributed by atoms with van der Waals surface area (Å²) in [6, 6.07) is 49.9. The van der Waals surface area contributed by atoms with Gasteiger partial charge in [-0.3, -0.25) is 4.79 Å². The van der Waals surface area contributed by atoms with E-state index >= 15 is 0 Å². The fourth-order valence-corrected chi connectivity index (χ4v) is 6.79. The molecule has 0 unspecified atom stereocenters. The molecule has 286 valence electrons. The minimum Gasteiger partial charge on any atom is -0.488 e. The van der Waals surface area contributed by atoms with Gasteiger partial charge < -0.3 is 33.7 Å². The third kappa shape index (κ3) is 10.3. The highest BCUT2D eigenvalue weighted by molar-refractivity contribution is 5.90. The molecule has 8 nitrogen and oxygen atoms in total. The smallest absolute Gasteiger partial charge is 0.221 e. The molecule has 6 aromatic rings. The van der Waals surface area contributed by atoms with Crippen LogP contribution in [-0.2, 0) is 63.0 Å². The standard InChI is InChI=1S/C48H47NO7/c1-3-41-42(28-45-55-47(53-32-37-21-12-6-13-22-37)48(56-45)54-33-38-23-14-7-15-24-38)46(39-25-16-26-40(27-39)49-34(2)50)44(52-31-36-19-10-5-11-20-36)29-43(41)51-30-35-17-8-4-9-18-35/h4-27,29,45,47-48H,3,28,30-33H2,1-2H3,(H,49,50)/t47-,48-/m0/s1. The van der Waals surface area contributed by atoms with Crippen molar-refractivity contribution in [2.24, 2.45) is 0 Å². The van der Waals surface area contributed by atoms with Crippen LogP contribution in [0, 0.1) is 0 Å². The van der Waals surface area contributed by atoms with Crippen molar-refractivity contribution in [1.82, 2.24) is 0 Å². The number of rotatable bonds is 17.